The summed E-state index contributed by atoms with van der Waals surface area (Å²) in [6.07, 6.45) is 8.57. The summed E-state index contributed by atoms with van der Waals surface area (Å²) in [6.45, 7) is 2.16. The SMILES string of the molecule is CCCCC=CCCP(=O)(O)c1ccccc1. The Morgan fingerprint density at radius 2 is 1.82 bits per heavy atom. The van der Waals surface area contributed by atoms with E-state index in [1.165, 1.54) is 12.8 Å². The van der Waals surface area contributed by atoms with Gasteiger partial charge in [0.1, 0.15) is 0 Å². The first-order valence-electron chi connectivity index (χ1n) is 6.19. The number of allylic oxidation sites excluding steroid dienone is 2. The monoisotopic (exact) mass is 252 g/mol. The van der Waals surface area contributed by atoms with Gasteiger partial charge in [-0.3, -0.25) is 4.57 Å². The summed E-state index contributed by atoms with van der Waals surface area (Å²) in [5, 5.41) is 0.557. The summed E-state index contributed by atoms with van der Waals surface area (Å²) in [7, 11) is -3.15. The Morgan fingerprint density at radius 3 is 2.47 bits per heavy atom. The molecule has 1 atom stereocenters. The summed E-state index contributed by atoms with van der Waals surface area (Å²) in [5.74, 6) is 0. The fourth-order valence-electron chi connectivity index (χ4n) is 1.60. The lowest BCUT2D eigenvalue weighted by molar-refractivity contribution is 0.489. The molecule has 0 spiro atoms. The summed E-state index contributed by atoms with van der Waals surface area (Å²) in [6, 6.07) is 8.90. The maximum absolute atomic E-state index is 12.0. The molecule has 0 aliphatic rings. The average Bonchev–Trinajstić information content (AvgIpc) is 2.35. The van der Waals surface area contributed by atoms with E-state index in [4.69, 9.17) is 0 Å². The van der Waals surface area contributed by atoms with Crippen molar-refractivity contribution in [2.75, 3.05) is 6.16 Å². The Morgan fingerprint density at radius 1 is 1.18 bits per heavy atom. The van der Waals surface area contributed by atoms with Crippen LogP contribution in [0.3, 0.4) is 0 Å². The van der Waals surface area contributed by atoms with E-state index in [1.807, 2.05) is 12.1 Å². The fourth-order valence-corrected chi connectivity index (χ4v) is 2.99. The minimum absolute atomic E-state index is 0.333. The quantitative estimate of drug-likeness (QED) is 0.456. The maximum Gasteiger partial charge on any atom is 0.229 e. The van der Waals surface area contributed by atoms with Gasteiger partial charge in [0.25, 0.3) is 0 Å². The normalized spacial score (nSPS) is 14.9. The summed E-state index contributed by atoms with van der Waals surface area (Å²) >= 11 is 0. The van der Waals surface area contributed by atoms with Gasteiger partial charge in [-0.1, -0.05) is 50.1 Å². The van der Waals surface area contributed by atoms with Crippen LogP contribution in [0.4, 0.5) is 0 Å². The predicted molar refractivity (Wildman–Crippen MR) is 74.1 cm³/mol. The number of hydrogen-bond donors (Lipinski definition) is 1. The zero-order valence-electron chi connectivity index (χ0n) is 10.4. The molecule has 0 amide bonds. The molecule has 1 N–H and O–H groups in total. The van der Waals surface area contributed by atoms with E-state index in [-0.39, 0.29) is 0 Å². The minimum Gasteiger partial charge on any atom is -0.341 e. The van der Waals surface area contributed by atoms with E-state index >= 15 is 0 Å². The molecule has 0 aromatic heterocycles. The van der Waals surface area contributed by atoms with E-state index in [1.54, 1.807) is 24.3 Å². The van der Waals surface area contributed by atoms with Crippen molar-refractivity contribution in [1.82, 2.24) is 0 Å². The lowest BCUT2D eigenvalue weighted by Gasteiger charge is -2.09. The molecule has 17 heavy (non-hydrogen) atoms. The predicted octanol–water partition coefficient (Wildman–Crippen LogP) is 3.72. The van der Waals surface area contributed by atoms with Crippen molar-refractivity contribution in [3.05, 3.63) is 42.5 Å². The van der Waals surface area contributed by atoms with Crippen molar-refractivity contribution < 1.29 is 9.46 Å². The third-order valence-corrected chi connectivity index (χ3v) is 4.62. The summed E-state index contributed by atoms with van der Waals surface area (Å²) in [5.41, 5.74) is 0. The first-order valence-corrected chi connectivity index (χ1v) is 8.03. The lowest BCUT2D eigenvalue weighted by Crippen LogP contribution is -2.05. The summed E-state index contributed by atoms with van der Waals surface area (Å²) in [4.78, 5) is 9.91. The first kappa shape index (κ1) is 14.2. The molecule has 0 aliphatic carbocycles. The molecule has 0 saturated heterocycles. The molecule has 0 saturated carbocycles. The molecule has 1 aromatic carbocycles. The molecule has 3 heteroatoms. The number of unbranched alkanes of at least 4 members (excludes halogenated alkanes) is 2. The standard InChI is InChI=1S/C14H21O2P/c1-2-3-4-5-6-10-13-17(15,16)14-11-8-7-9-12-14/h5-9,11-12H,2-4,10,13H2,1H3,(H,15,16). The molecule has 2 nitrogen and oxygen atoms in total. The molecule has 0 heterocycles. The summed E-state index contributed by atoms with van der Waals surface area (Å²) < 4.78 is 12.0. The largest absolute Gasteiger partial charge is 0.341 e. The van der Waals surface area contributed by atoms with E-state index < -0.39 is 7.37 Å². The number of rotatable bonds is 7. The van der Waals surface area contributed by atoms with Gasteiger partial charge >= 0.3 is 0 Å². The molecule has 1 unspecified atom stereocenters. The minimum atomic E-state index is -3.15. The number of benzene rings is 1. The van der Waals surface area contributed by atoms with Gasteiger partial charge in [0.05, 0.1) is 0 Å². The van der Waals surface area contributed by atoms with Gasteiger partial charge in [0, 0.05) is 11.5 Å². The maximum atomic E-state index is 12.0. The van der Waals surface area contributed by atoms with Gasteiger partial charge in [-0.2, -0.15) is 0 Å². The van der Waals surface area contributed by atoms with Crippen LogP contribution in [0.25, 0.3) is 0 Å². The van der Waals surface area contributed by atoms with Crippen LogP contribution >= 0.6 is 7.37 Å². The molecule has 0 aliphatic heterocycles. The topological polar surface area (TPSA) is 37.3 Å². The van der Waals surface area contributed by atoms with Gasteiger partial charge in [0.2, 0.25) is 7.37 Å². The van der Waals surface area contributed by atoms with Crippen molar-refractivity contribution in [2.24, 2.45) is 0 Å². The average molecular weight is 252 g/mol. The van der Waals surface area contributed by atoms with E-state index in [2.05, 4.69) is 13.0 Å². The third-order valence-electron chi connectivity index (χ3n) is 2.65. The highest BCUT2D eigenvalue weighted by Gasteiger charge is 2.19. The smallest absolute Gasteiger partial charge is 0.229 e. The molecule has 0 radical (unpaired) electrons. The third kappa shape index (κ3) is 5.34. The highest BCUT2D eigenvalue weighted by molar-refractivity contribution is 7.66. The van der Waals surface area contributed by atoms with Gasteiger partial charge < -0.3 is 4.89 Å². The van der Waals surface area contributed by atoms with E-state index in [9.17, 15) is 9.46 Å². The first-order chi connectivity index (χ1) is 8.17. The lowest BCUT2D eigenvalue weighted by atomic mass is 10.2. The molecule has 94 valence electrons. The Bertz CT molecular complexity index is 384. The van der Waals surface area contributed by atoms with Crippen LogP contribution in [0.1, 0.15) is 32.6 Å². The molecular weight excluding hydrogens is 231 g/mol. The molecule has 1 rings (SSSR count). The van der Waals surface area contributed by atoms with Crippen LogP contribution in [-0.4, -0.2) is 11.1 Å². The van der Waals surface area contributed by atoms with Crippen LogP contribution in [0.2, 0.25) is 0 Å². The van der Waals surface area contributed by atoms with Crippen LogP contribution in [0.5, 0.6) is 0 Å². The Balaban J connectivity index is 2.41. The number of hydrogen-bond acceptors (Lipinski definition) is 1. The highest BCUT2D eigenvalue weighted by atomic mass is 31.2. The van der Waals surface area contributed by atoms with Crippen LogP contribution in [0.15, 0.2) is 42.5 Å². The molecular formula is C14H21O2P. The molecule has 0 fully saturated rings. The Labute approximate surface area is 104 Å². The van der Waals surface area contributed by atoms with Crippen LogP contribution < -0.4 is 5.30 Å². The second-order valence-electron chi connectivity index (χ2n) is 4.16. The van der Waals surface area contributed by atoms with Gasteiger partial charge in [-0.15, -0.1) is 0 Å². The van der Waals surface area contributed by atoms with Crippen molar-refractivity contribution >= 4 is 12.7 Å². The van der Waals surface area contributed by atoms with Crippen molar-refractivity contribution in [2.45, 2.75) is 32.6 Å². The van der Waals surface area contributed by atoms with E-state index in [0.717, 1.165) is 6.42 Å². The van der Waals surface area contributed by atoms with Crippen molar-refractivity contribution in [3.8, 4) is 0 Å². The zero-order chi connectivity index (χ0) is 12.6. The van der Waals surface area contributed by atoms with Gasteiger partial charge in [0.15, 0.2) is 0 Å². The van der Waals surface area contributed by atoms with Crippen molar-refractivity contribution in [3.63, 3.8) is 0 Å². The Hall–Kier alpha value is -0.850. The van der Waals surface area contributed by atoms with Crippen LogP contribution in [-0.2, 0) is 4.57 Å². The van der Waals surface area contributed by atoms with Crippen LogP contribution in [0, 0.1) is 0 Å². The highest BCUT2D eigenvalue weighted by Crippen LogP contribution is 2.39. The van der Waals surface area contributed by atoms with Crippen molar-refractivity contribution in [1.29, 1.82) is 0 Å². The molecule has 0 bridgehead atoms. The Kier molecular flexibility index (Phi) is 6.25. The zero-order valence-corrected chi connectivity index (χ0v) is 11.3. The van der Waals surface area contributed by atoms with Gasteiger partial charge in [-0.25, -0.2) is 0 Å². The fraction of sp³-hybridized carbons (Fsp3) is 0.429. The second-order valence-corrected chi connectivity index (χ2v) is 6.53. The molecule has 1 aromatic rings. The second kappa shape index (κ2) is 7.47. The van der Waals surface area contributed by atoms with E-state index in [0.29, 0.717) is 17.9 Å². The van der Waals surface area contributed by atoms with Gasteiger partial charge in [-0.05, 0) is 25.0 Å².